The van der Waals surface area contributed by atoms with Gasteiger partial charge in [-0.05, 0) is 32.3 Å². The van der Waals surface area contributed by atoms with Gasteiger partial charge in [0.25, 0.3) is 0 Å². The van der Waals surface area contributed by atoms with Crippen LogP contribution in [0, 0.1) is 0 Å². The van der Waals surface area contributed by atoms with Crippen LogP contribution in [0.2, 0.25) is 0 Å². The predicted octanol–water partition coefficient (Wildman–Crippen LogP) is 1.53. The highest BCUT2D eigenvalue weighted by Crippen LogP contribution is 2.22. The Balaban J connectivity index is 2.31. The number of aryl methyl sites for hydroxylation is 2. The third-order valence-corrected chi connectivity index (χ3v) is 3.62. The molecule has 1 fully saturated rings. The van der Waals surface area contributed by atoms with Crippen molar-refractivity contribution in [3.63, 3.8) is 0 Å². The van der Waals surface area contributed by atoms with Crippen LogP contribution in [0.4, 0.5) is 5.95 Å². The average molecular weight is 234 g/mol. The first kappa shape index (κ1) is 12.3. The Morgan fingerprint density at radius 2 is 1.88 bits per heavy atom. The highest BCUT2D eigenvalue weighted by Gasteiger charge is 2.29. The van der Waals surface area contributed by atoms with Crippen LogP contribution in [0.5, 0.6) is 0 Å². The summed E-state index contributed by atoms with van der Waals surface area (Å²) < 4.78 is 0. The lowest BCUT2D eigenvalue weighted by atomic mass is 10.2. The molecule has 0 spiro atoms. The van der Waals surface area contributed by atoms with Gasteiger partial charge < -0.3 is 10.6 Å². The number of hydrogen-bond acceptors (Lipinski definition) is 4. The van der Waals surface area contributed by atoms with Crippen LogP contribution in [0.25, 0.3) is 0 Å². The molecule has 2 rings (SSSR count). The van der Waals surface area contributed by atoms with E-state index in [0.29, 0.717) is 6.04 Å². The van der Waals surface area contributed by atoms with E-state index in [-0.39, 0.29) is 6.04 Å². The van der Waals surface area contributed by atoms with E-state index in [9.17, 15) is 0 Å². The van der Waals surface area contributed by atoms with Gasteiger partial charge in [0.05, 0.1) is 0 Å². The van der Waals surface area contributed by atoms with Gasteiger partial charge >= 0.3 is 0 Å². The molecule has 0 aliphatic carbocycles. The van der Waals surface area contributed by atoms with Crippen LogP contribution in [0.3, 0.4) is 0 Å². The first-order valence-corrected chi connectivity index (χ1v) is 6.54. The maximum atomic E-state index is 6.05. The van der Waals surface area contributed by atoms with Crippen molar-refractivity contribution in [1.29, 1.82) is 0 Å². The monoisotopic (exact) mass is 234 g/mol. The highest BCUT2D eigenvalue weighted by molar-refractivity contribution is 5.36. The van der Waals surface area contributed by atoms with E-state index in [2.05, 4.69) is 41.7 Å². The van der Waals surface area contributed by atoms with Crippen molar-refractivity contribution in [3.8, 4) is 0 Å². The lowest BCUT2D eigenvalue weighted by Gasteiger charge is -2.24. The van der Waals surface area contributed by atoms with Crippen molar-refractivity contribution in [2.75, 3.05) is 11.4 Å². The molecule has 2 atom stereocenters. The summed E-state index contributed by atoms with van der Waals surface area (Å²) in [5.41, 5.74) is 8.30. The number of aromatic nitrogens is 2. The van der Waals surface area contributed by atoms with Gasteiger partial charge in [-0.2, -0.15) is 0 Å². The van der Waals surface area contributed by atoms with Gasteiger partial charge in [-0.25, -0.2) is 9.97 Å². The van der Waals surface area contributed by atoms with Gasteiger partial charge in [0.1, 0.15) is 0 Å². The summed E-state index contributed by atoms with van der Waals surface area (Å²) in [6, 6.07) is 2.69. The molecule has 2 N–H and O–H groups in total. The van der Waals surface area contributed by atoms with Crippen LogP contribution in [0.15, 0.2) is 6.07 Å². The number of nitrogens with zero attached hydrogens (tertiary/aromatic N) is 3. The normalized spacial score (nSPS) is 24.4. The minimum Gasteiger partial charge on any atom is -0.336 e. The zero-order valence-corrected chi connectivity index (χ0v) is 11.0. The Morgan fingerprint density at radius 1 is 1.29 bits per heavy atom. The van der Waals surface area contributed by atoms with Gasteiger partial charge in [-0.3, -0.25) is 0 Å². The van der Waals surface area contributed by atoms with Crippen molar-refractivity contribution in [3.05, 3.63) is 17.5 Å². The maximum absolute atomic E-state index is 6.05. The number of nitrogens with two attached hydrogens (primary N) is 1. The Kier molecular flexibility index (Phi) is 3.62. The first-order chi connectivity index (χ1) is 8.15. The number of anilines is 1. The van der Waals surface area contributed by atoms with Crippen molar-refractivity contribution >= 4 is 5.95 Å². The summed E-state index contributed by atoms with van der Waals surface area (Å²) in [5.74, 6) is 0.863. The predicted molar refractivity (Wildman–Crippen MR) is 70.2 cm³/mol. The zero-order chi connectivity index (χ0) is 12.4. The molecule has 0 aromatic carbocycles. The fraction of sp³-hybridized carbons (Fsp3) is 0.692. The molecule has 1 aromatic heterocycles. The van der Waals surface area contributed by atoms with Gasteiger partial charge in [-0.1, -0.05) is 13.8 Å². The fourth-order valence-electron chi connectivity index (χ4n) is 2.28. The van der Waals surface area contributed by atoms with Crippen molar-refractivity contribution in [2.45, 2.75) is 52.1 Å². The summed E-state index contributed by atoms with van der Waals surface area (Å²) in [4.78, 5) is 11.5. The van der Waals surface area contributed by atoms with Crippen molar-refractivity contribution in [2.24, 2.45) is 5.73 Å². The lowest BCUT2D eigenvalue weighted by Crippen LogP contribution is -2.37. The van der Waals surface area contributed by atoms with Crippen molar-refractivity contribution < 1.29 is 0 Å². The van der Waals surface area contributed by atoms with Crippen molar-refractivity contribution in [1.82, 2.24) is 9.97 Å². The molecule has 1 aliphatic heterocycles. The smallest absolute Gasteiger partial charge is 0.226 e. The molecular formula is C13H22N4. The molecule has 17 heavy (non-hydrogen) atoms. The largest absolute Gasteiger partial charge is 0.336 e. The molecule has 2 unspecified atom stereocenters. The molecule has 1 saturated heterocycles. The number of hydrogen-bond donors (Lipinski definition) is 1. The summed E-state index contributed by atoms with van der Waals surface area (Å²) in [6.07, 6.45) is 2.94. The van der Waals surface area contributed by atoms with E-state index in [4.69, 9.17) is 5.73 Å². The zero-order valence-electron chi connectivity index (χ0n) is 11.0. The Morgan fingerprint density at radius 3 is 2.29 bits per heavy atom. The summed E-state index contributed by atoms with van der Waals surface area (Å²) in [6.45, 7) is 7.39. The quantitative estimate of drug-likeness (QED) is 0.861. The lowest BCUT2D eigenvalue weighted by molar-refractivity contribution is 0.616. The van der Waals surface area contributed by atoms with Crippen LogP contribution in [-0.4, -0.2) is 28.6 Å². The first-order valence-electron chi connectivity index (χ1n) is 6.54. The molecule has 0 amide bonds. The molecule has 1 aliphatic rings. The minimum absolute atomic E-state index is 0.244. The van der Waals surface area contributed by atoms with E-state index in [1.807, 2.05) is 0 Å². The van der Waals surface area contributed by atoms with Gasteiger partial charge in [-0.15, -0.1) is 0 Å². The molecule has 0 saturated carbocycles. The van der Waals surface area contributed by atoms with Gasteiger partial charge in [0.15, 0.2) is 0 Å². The Bertz CT molecular complexity index is 369. The molecule has 0 bridgehead atoms. The molecule has 2 heterocycles. The third kappa shape index (κ3) is 2.41. The molecule has 0 radical (unpaired) electrons. The van der Waals surface area contributed by atoms with Crippen LogP contribution in [0.1, 0.15) is 38.6 Å². The molecule has 4 heteroatoms. The van der Waals surface area contributed by atoms with Crippen LogP contribution < -0.4 is 10.6 Å². The second-order valence-corrected chi connectivity index (χ2v) is 4.74. The third-order valence-electron chi connectivity index (χ3n) is 3.62. The van der Waals surface area contributed by atoms with E-state index < -0.39 is 0 Å². The minimum atomic E-state index is 0.244. The topological polar surface area (TPSA) is 55.0 Å². The van der Waals surface area contributed by atoms with E-state index in [1.54, 1.807) is 0 Å². The Labute approximate surface area is 103 Å². The maximum Gasteiger partial charge on any atom is 0.226 e. The fourth-order valence-corrected chi connectivity index (χ4v) is 2.28. The number of rotatable bonds is 3. The Hall–Kier alpha value is -1.16. The van der Waals surface area contributed by atoms with Crippen LogP contribution in [-0.2, 0) is 12.8 Å². The summed E-state index contributed by atoms with van der Waals surface area (Å²) in [7, 11) is 0. The standard InChI is InChI=1S/C13H22N4/c1-4-10-8-11(5-2)16-13(15-10)17-7-6-12(14)9(17)3/h8-9,12H,4-7,14H2,1-3H3. The van der Waals surface area contributed by atoms with Gasteiger partial charge in [0.2, 0.25) is 5.95 Å². The molecule has 1 aromatic rings. The summed E-state index contributed by atoms with van der Waals surface area (Å²) >= 11 is 0. The average Bonchev–Trinajstić information content (AvgIpc) is 2.69. The van der Waals surface area contributed by atoms with E-state index in [1.165, 1.54) is 0 Å². The van der Waals surface area contributed by atoms with E-state index in [0.717, 1.165) is 43.1 Å². The second-order valence-electron chi connectivity index (χ2n) is 4.74. The van der Waals surface area contributed by atoms with E-state index >= 15 is 0 Å². The van der Waals surface area contributed by atoms with Crippen LogP contribution >= 0.6 is 0 Å². The van der Waals surface area contributed by atoms with Gasteiger partial charge in [0, 0.05) is 30.0 Å². The second kappa shape index (κ2) is 5.00. The highest BCUT2D eigenvalue weighted by atomic mass is 15.3. The molecule has 94 valence electrons. The molecule has 4 nitrogen and oxygen atoms in total. The summed E-state index contributed by atoms with van der Waals surface area (Å²) in [5, 5.41) is 0. The SMILES string of the molecule is CCc1cc(CC)nc(N2CCC(N)C2C)n1. The molecular weight excluding hydrogens is 212 g/mol.